The van der Waals surface area contributed by atoms with Gasteiger partial charge in [-0.2, -0.15) is 0 Å². The first-order valence-corrected chi connectivity index (χ1v) is 10.7. The maximum Gasteiger partial charge on any atom is 0.292 e. The fourth-order valence-electron chi connectivity index (χ4n) is 4.63. The molecule has 8 heteroatoms. The van der Waals surface area contributed by atoms with Crippen LogP contribution in [-0.2, 0) is 16.1 Å². The van der Waals surface area contributed by atoms with E-state index in [2.05, 4.69) is 12.1 Å². The van der Waals surface area contributed by atoms with Crippen LogP contribution in [0.25, 0.3) is 0 Å². The maximum absolute atomic E-state index is 13.0. The van der Waals surface area contributed by atoms with Crippen molar-refractivity contribution in [3.63, 3.8) is 0 Å². The number of rotatable bonds is 4. The molecule has 2 fully saturated rings. The number of halogens is 1. The van der Waals surface area contributed by atoms with Crippen LogP contribution >= 0.6 is 11.6 Å². The topological polar surface area (TPSA) is 64.7 Å². The van der Waals surface area contributed by atoms with E-state index in [1.54, 1.807) is 24.3 Å². The molecule has 1 atom stereocenters. The van der Waals surface area contributed by atoms with Crippen LogP contribution in [0.15, 0.2) is 42.5 Å². The summed E-state index contributed by atoms with van der Waals surface area (Å²) in [5, 5.41) is 0.424. The van der Waals surface area contributed by atoms with E-state index in [1.807, 2.05) is 6.07 Å². The van der Waals surface area contributed by atoms with Crippen molar-refractivity contribution in [3.05, 3.63) is 53.1 Å². The lowest BCUT2D eigenvalue weighted by Crippen LogP contribution is -3.29. The highest BCUT2D eigenvalue weighted by atomic mass is 35.5. The van der Waals surface area contributed by atoms with Crippen LogP contribution in [0.4, 0.5) is 5.69 Å². The molecular formula is C22H24ClN3O4+2. The summed E-state index contributed by atoms with van der Waals surface area (Å²) in [5.74, 6) is 1.31. The van der Waals surface area contributed by atoms with Crippen molar-refractivity contribution in [1.82, 2.24) is 0 Å². The Morgan fingerprint density at radius 1 is 1.00 bits per heavy atom. The molecule has 0 radical (unpaired) electrons. The van der Waals surface area contributed by atoms with E-state index >= 15 is 0 Å². The number of hydrogen-bond donors (Lipinski definition) is 2. The smallest absolute Gasteiger partial charge is 0.292 e. The van der Waals surface area contributed by atoms with Crippen molar-refractivity contribution >= 4 is 29.1 Å². The van der Waals surface area contributed by atoms with Gasteiger partial charge in [-0.1, -0.05) is 23.7 Å². The standard InChI is InChI=1S/C22H22ClN3O4/c23-16-3-1-2-4-17(16)26-21(27)12-18(22(26)28)25-9-7-24(8-10-25)13-15-5-6-19-20(11-15)30-14-29-19/h1-6,11,18H,7-10,12-14H2/p+2/t18-/m0/s1. The quantitative estimate of drug-likeness (QED) is 0.654. The zero-order valence-corrected chi connectivity index (χ0v) is 17.3. The van der Waals surface area contributed by atoms with Gasteiger partial charge >= 0.3 is 0 Å². The highest BCUT2D eigenvalue weighted by molar-refractivity contribution is 6.36. The van der Waals surface area contributed by atoms with E-state index in [4.69, 9.17) is 21.1 Å². The Kier molecular flexibility index (Phi) is 5.10. The van der Waals surface area contributed by atoms with Gasteiger partial charge in [-0.3, -0.25) is 9.59 Å². The highest BCUT2D eigenvalue weighted by Gasteiger charge is 2.47. The first-order chi connectivity index (χ1) is 14.6. The number of quaternary nitrogens is 2. The van der Waals surface area contributed by atoms with E-state index < -0.39 is 0 Å². The number of fused-ring (bicyclic) bond motifs is 1. The predicted molar refractivity (Wildman–Crippen MR) is 110 cm³/mol. The van der Waals surface area contributed by atoms with Gasteiger partial charge < -0.3 is 19.3 Å². The second-order valence-corrected chi connectivity index (χ2v) is 8.46. The van der Waals surface area contributed by atoms with Gasteiger partial charge in [-0.15, -0.1) is 0 Å². The molecule has 5 rings (SSSR count). The SMILES string of the molecule is O=C1C[C@H]([NH+]2CC[NH+](Cc3ccc4c(c3)OCO4)CC2)C(=O)N1c1ccccc1Cl. The van der Waals surface area contributed by atoms with Crippen LogP contribution in [0.5, 0.6) is 11.5 Å². The number of ether oxygens (including phenoxy) is 2. The van der Waals surface area contributed by atoms with Crippen LogP contribution in [0, 0.1) is 0 Å². The third-order valence-corrected chi connectivity index (χ3v) is 6.54. The second kappa shape index (κ2) is 7.91. The van der Waals surface area contributed by atoms with E-state index in [-0.39, 0.29) is 31.1 Å². The molecule has 0 spiro atoms. The van der Waals surface area contributed by atoms with Crippen molar-refractivity contribution in [1.29, 1.82) is 0 Å². The summed E-state index contributed by atoms with van der Waals surface area (Å²) < 4.78 is 10.8. The van der Waals surface area contributed by atoms with Gasteiger partial charge in [0, 0.05) is 5.56 Å². The Balaban J connectivity index is 1.21. The molecule has 156 valence electrons. The molecule has 0 saturated carbocycles. The Bertz CT molecular complexity index is 990. The molecule has 0 bridgehead atoms. The summed E-state index contributed by atoms with van der Waals surface area (Å²) >= 11 is 6.23. The molecule has 30 heavy (non-hydrogen) atoms. The van der Waals surface area contributed by atoms with E-state index in [0.717, 1.165) is 44.2 Å². The maximum atomic E-state index is 13.0. The van der Waals surface area contributed by atoms with E-state index in [9.17, 15) is 9.59 Å². The Labute approximate surface area is 179 Å². The van der Waals surface area contributed by atoms with Crippen molar-refractivity contribution < 1.29 is 28.9 Å². The minimum atomic E-state index is -0.319. The van der Waals surface area contributed by atoms with Gasteiger partial charge in [0.15, 0.2) is 17.5 Å². The third-order valence-electron chi connectivity index (χ3n) is 6.22. The average Bonchev–Trinajstić information content (AvgIpc) is 3.33. The molecule has 2 saturated heterocycles. The molecule has 2 amide bonds. The van der Waals surface area contributed by atoms with Gasteiger partial charge in [0.1, 0.15) is 32.7 Å². The zero-order valence-electron chi connectivity index (χ0n) is 16.5. The number of anilines is 1. The fraction of sp³-hybridized carbons (Fsp3) is 0.364. The monoisotopic (exact) mass is 429 g/mol. The third kappa shape index (κ3) is 3.53. The second-order valence-electron chi connectivity index (χ2n) is 8.05. The molecule has 7 nitrogen and oxygen atoms in total. The summed E-state index contributed by atoms with van der Waals surface area (Å²) in [5.41, 5.74) is 1.71. The molecule has 3 aliphatic heterocycles. The Morgan fingerprint density at radius 3 is 2.57 bits per heavy atom. The molecular weight excluding hydrogens is 406 g/mol. The number of hydrogen-bond acceptors (Lipinski definition) is 4. The van der Waals surface area contributed by atoms with Gasteiger partial charge in [0.2, 0.25) is 12.7 Å². The lowest BCUT2D eigenvalue weighted by molar-refractivity contribution is -1.02. The fourth-order valence-corrected chi connectivity index (χ4v) is 4.85. The Morgan fingerprint density at radius 2 is 1.77 bits per heavy atom. The van der Waals surface area contributed by atoms with Crippen LogP contribution < -0.4 is 24.2 Å². The summed E-state index contributed by atoms with van der Waals surface area (Å²) in [7, 11) is 0. The first kappa shape index (κ1) is 19.4. The van der Waals surface area contributed by atoms with Crippen LogP contribution in [0.2, 0.25) is 5.02 Å². The van der Waals surface area contributed by atoms with Crippen LogP contribution in [0.3, 0.4) is 0 Å². The number of amides is 2. The first-order valence-electron chi connectivity index (χ1n) is 10.3. The number of piperazine rings is 1. The minimum Gasteiger partial charge on any atom is -0.454 e. The molecule has 2 aromatic rings. The lowest BCUT2D eigenvalue weighted by Gasteiger charge is -2.32. The van der Waals surface area contributed by atoms with Crippen molar-refractivity contribution in [2.75, 3.05) is 37.9 Å². The number of nitrogens with one attached hydrogen (secondary N) is 2. The summed E-state index contributed by atoms with van der Waals surface area (Å²) in [4.78, 5) is 29.6. The molecule has 0 aliphatic carbocycles. The number of para-hydroxylation sites is 1. The molecule has 3 aliphatic rings. The van der Waals surface area contributed by atoms with Crippen molar-refractivity contribution in [3.8, 4) is 11.5 Å². The normalized spacial score (nSPS) is 25.8. The average molecular weight is 430 g/mol. The Hall–Kier alpha value is -2.61. The zero-order chi connectivity index (χ0) is 20.7. The molecule has 0 aromatic heterocycles. The highest BCUT2D eigenvalue weighted by Crippen LogP contribution is 2.32. The largest absolute Gasteiger partial charge is 0.454 e. The summed E-state index contributed by atoms with van der Waals surface area (Å²) in [6, 6.07) is 12.8. The van der Waals surface area contributed by atoms with Gasteiger partial charge in [-0.25, -0.2) is 4.90 Å². The number of carbonyl (C=O) groups excluding carboxylic acids is 2. The van der Waals surface area contributed by atoms with Crippen LogP contribution in [0.1, 0.15) is 12.0 Å². The van der Waals surface area contributed by atoms with Crippen molar-refractivity contribution in [2.45, 2.75) is 19.0 Å². The molecule has 3 heterocycles. The molecule has 2 aromatic carbocycles. The lowest BCUT2D eigenvalue weighted by atomic mass is 10.1. The van der Waals surface area contributed by atoms with E-state index in [0.29, 0.717) is 10.7 Å². The molecule has 2 N–H and O–H groups in total. The summed E-state index contributed by atoms with van der Waals surface area (Å²) in [6.07, 6.45) is 0.247. The minimum absolute atomic E-state index is 0.137. The predicted octanol–water partition coefficient (Wildman–Crippen LogP) is -0.316. The van der Waals surface area contributed by atoms with Gasteiger partial charge in [0.25, 0.3) is 5.91 Å². The molecule has 0 unspecified atom stereocenters. The number of benzene rings is 2. The van der Waals surface area contributed by atoms with Gasteiger partial charge in [0.05, 0.1) is 17.1 Å². The van der Waals surface area contributed by atoms with Crippen molar-refractivity contribution in [2.24, 2.45) is 0 Å². The summed E-state index contributed by atoms with van der Waals surface area (Å²) in [6.45, 7) is 4.82. The van der Waals surface area contributed by atoms with Gasteiger partial charge in [-0.05, 0) is 30.3 Å². The number of carbonyl (C=O) groups is 2. The van der Waals surface area contributed by atoms with E-state index in [1.165, 1.54) is 20.3 Å². The number of nitrogens with zero attached hydrogens (tertiary/aromatic N) is 1. The number of imide groups is 1. The van der Waals surface area contributed by atoms with Crippen LogP contribution in [-0.4, -0.2) is 50.8 Å².